The summed E-state index contributed by atoms with van der Waals surface area (Å²) in [6.07, 6.45) is 1.89. The smallest absolute Gasteiger partial charge is 0.274 e. The van der Waals surface area contributed by atoms with Gasteiger partial charge in [0.05, 0.1) is 11.3 Å². The average Bonchev–Trinajstić information content (AvgIpc) is 3.73. The van der Waals surface area contributed by atoms with Crippen LogP contribution in [0, 0.1) is 25.5 Å². The van der Waals surface area contributed by atoms with Crippen LogP contribution in [0.1, 0.15) is 63.0 Å². The number of pyridine rings is 3. The van der Waals surface area contributed by atoms with Crippen molar-refractivity contribution in [2.45, 2.75) is 38.5 Å². The molecule has 3 aromatic heterocycles. The van der Waals surface area contributed by atoms with Crippen LogP contribution in [0.4, 0.5) is 17.6 Å². The van der Waals surface area contributed by atoms with Gasteiger partial charge in [-0.05, 0) is 73.1 Å². The van der Waals surface area contributed by atoms with E-state index in [0.717, 1.165) is 10.8 Å². The van der Waals surface area contributed by atoms with Crippen LogP contribution < -0.4 is 10.9 Å². The SMILES string of the molecule is CNC(=O)c1cccc(-c2ncc(C)c(-n3c(C)cc([C@H]4C[C@@H]4c4cncc(C(F)F)c4)c(Cl)c3=O)c2F)c1F. The predicted molar refractivity (Wildman–Crippen MR) is 142 cm³/mol. The molecule has 206 valence electrons. The summed E-state index contributed by atoms with van der Waals surface area (Å²) in [5, 5.41) is 2.21. The average molecular weight is 571 g/mol. The third-order valence-corrected chi connectivity index (χ3v) is 7.52. The summed E-state index contributed by atoms with van der Waals surface area (Å²) in [6.45, 7) is 3.17. The van der Waals surface area contributed by atoms with Gasteiger partial charge in [-0.1, -0.05) is 17.7 Å². The summed E-state index contributed by atoms with van der Waals surface area (Å²) in [4.78, 5) is 33.6. The van der Waals surface area contributed by atoms with Crippen LogP contribution in [0.25, 0.3) is 16.9 Å². The van der Waals surface area contributed by atoms with E-state index in [-0.39, 0.29) is 44.9 Å². The molecule has 1 saturated carbocycles. The molecule has 1 N–H and O–H groups in total. The number of amides is 1. The van der Waals surface area contributed by atoms with E-state index < -0.39 is 29.5 Å². The first-order valence-corrected chi connectivity index (χ1v) is 12.7. The zero-order chi connectivity index (χ0) is 28.9. The maximum absolute atomic E-state index is 16.0. The number of carbonyl (C=O) groups excluding carboxylic acids is 1. The Morgan fingerprint density at radius 1 is 1.10 bits per heavy atom. The van der Waals surface area contributed by atoms with Crippen LogP contribution in [-0.4, -0.2) is 27.5 Å². The molecule has 0 saturated heterocycles. The second-order valence-electron chi connectivity index (χ2n) is 9.70. The van der Waals surface area contributed by atoms with Crippen LogP contribution >= 0.6 is 11.6 Å². The molecular formula is C29H23ClF4N4O2. The van der Waals surface area contributed by atoms with Crippen molar-refractivity contribution in [3.05, 3.63) is 109 Å². The van der Waals surface area contributed by atoms with Gasteiger partial charge >= 0.3 is 0 Å². The van der Waals surface area contributed by atoms with Crippen LogP contribution in [0.3, 0.4) is 0 Å². The Hall–Kier alpha value is -4.05. The summed E-state index contributed by atoms with van der Waals surface area (Å²) in [6, 6.07) is 7.04. The molecule has 1 aliphatic rings. The van der Waals surface area contributed by atoms with Gasteiger partial charge in [0.1, 0.15) is 16.5 Å². The normalized spacial score (nSPS) is 16.3. The minimum atomic E-state index is -2.65. The maximum Gasteiger partial charge on any atom is 0.274 e. The van der Waals surface area contributed by atoms with Crippen LogP contribution in [0.2, 0.25) is 5.02 Å². The van der Waals surface area contributed by atoms with Crippen LogP contribution in [-0.2, 0) is 0 Å². The second-order valence-corrected chi connectivity index (χ2v) is 10.1. The van der Waals surface area contributed by atoms with E-state index in [1.807, 2.05) is 0 Å². The van der Waals surface area contributed by atoms with Gasteiger partial charge in [-0.2, -0.15) is 0 Å². The molecule has 11 heteroatoms. The standard InChI is InChI=1S/C29H23ClF4N4O2/c1-13-10-37-25(17-5-4-6-18(23(17)31)28(39)35-3)24(32)26(13)38-14(2)7-21(22(30)29(38)40)20-9-19(20)15-8-16(27(33)34)12-36-11-15/h4-8,10-12,19-20,27H,9H2,1-3H3,(H,35,39)/t19-,20+/m1/s1. The molecule has 3 heterocycles. The summed E-state index contributed by atoms with van der Waals surface area (Å²) in [5.41, 5.74) is -0.0717. The zero-order valence-corrected chi connectivity index (χ0v) is 22.4. The number of hydrogen-bond donors (Lipinski definition) is 1. The molecule has 0 radical (unpaired) electrons. The van der Waals surface area contributed by atoms with Gasteiger partial charge in [0.15, 0.2) is 5.82 Å². The van der Waals surface area contributed by atoms with Gasteiger partial charge in [-0.25, -0.2) is 17.6 Å². The fraction of sp³-hybridized carbons (Fsp3) is 0.241. The molecule has 1 amide bonds. The van der Waals surface area contributed by atoms with Gasteiger partial charge in [0.2, 0.25) is 0 Å². The molecule has 0 unspecified atom stereocenters. The van der Waals surface area contributed by atoms with Crippen LogP contribution in [0.15, 0.2) is 53.7 Å². The number of hydrogen-bond acceptors (Lipinski definition) is 4. The second kappa shape index (κ2) is 10.5. The Morgan fingerprint density at radius 3 is 2.55 bits per heavy atom. The molecule has 2 atom stereocenters. The zero-order valence-electron chi connectivity index (χ0n) is 21.6. The number of aryl methyl sites for hydroxylation is 2. The van der Waals surface area contributed by atoms with Gasteiger partial charge in [-0.15, -0.1) is 0 Å². The summed E-state index contributed by atoms with van der Waals surface area (Å²) < 4.78 is 58.7. The van der Waals surface area contributed by atoms with E-state index in [0.29, 0.717) is 28.8 Å². The number of carbonyl (C=O) groups is 1. The molecule has 0 bridgehead atoms. The van der Waals surface area contributed by atoms with Crippen molar-refractivity contribution in [1.82, 2.24) is 19.9 Å². The highest BCUT2D eigenvalue weighted by molar-refractivity contribution is 6.31. The third kappa shape index (κ3) is 4.66. The quantitative estimate of drug-likeness (QED) is 0.272. The highest BCUT2D eigenvalue weighted by Gasteiger charge is 2.42. The Bertz CT molecular complexity index is 1720. The van der Waals surface area contributed by atoms with Crippen molar-refractivity contribution in [2.24, 2.45) is 0 Å². The molecule has 1 aromatic carbocycles. The topological polar surface area (TPSA) is 76.9 Å². The Morgan fingerprint density at radius 2 is 1.85 bits per heavy atom. The van der Waals surface area contributed by atoms with Crippen molar-refractivity contribution in [3.63, 3.8) is 0 Å². The lowest BCUT2D eigenvalue weighted by atomic mass is 10.0. The molecule has 4 aromatic rings. The first-order chi connectivity index (χ1) is 19.0. The Balaban J connectivity index is 1.58. The van der Waals surface area contributed by atoms with Crippen molar-refractivity contribution in [3.8, 4) is 16.9 Å². The minimum Gasteiger partial charge on any atom is -0.355 e. The summed E-state index contributed by atoms with van der Waals surface area (Å²) in [5.74, 6) is -2.92. The first-order valence-electron chi connectivity index (χ1n) is 12.4. The van der Waals surface area contributed by atoms with E-state index in [9.17, 15) is 18.4 Å². The van der Waals surface area contributed by atoms with Gasteiger partial charge in [0.25, 0.3) is 17.9 Å². The first kappa shape index (κ1) is 27.5. The number of halogens is 5. The number of benzene rings is 1. The Labute approximate surface area is 231 Å². The van der Waals surface area contributed by atoms with E-state index in [1.165, 1.54) is 43.7 Å². The fourth-order valence-electron chi connectivity index (χ4n) is 5.04. The lowest BCUT2D eigenvalue weighted by molar-refractivity contribution is 0.0959. The molecule has 0 aliphatic heterocycles. The van der Waals surface area contributed by atoms with Gasteiger partial charge < -0.3 is 5.32 Å². The molecule has 6 nitrogen and oxygen atoms in total. The van der Waals surface area contributed by atoms with E-state index in [1.54, 1.807) is 19.9 Å². The third-order valence-electron chi connectivity index (χ3n) is 7.14. The number of alkyl halides is 2. The molecular weight excluding hydrogens is 548 g/mol. The molecule has 1 fully saturated rings. The van der Waals surface area contributed by atoms with Crippen molar-refractivity contribution < 1.29 is 22.4 Å². The van der Waals surface area contributed by atoms with E-state index >= 15 is 8.78 Å². The summed E-state index contributed by atoms with van der Waals surface area (Å²) in [7, 11) is 1.35. The lowest BCUT2D eigenvalue weighted by Gasteiger charge is -2.18. The minimum absolute atomic E-state index is 0.124. The lowest BCUT2D eigenvalue weighted by Crippen LogP contribution is -2.24. The maximum atomic E-state index is 16.0. The molecule has 0 spiro atoms. The fourth-order valence-corrected chi connectivity index (χ4v) is 5.32. The molecule has 5 rings (SSSR count). The highest BCUT2D eigenvalue weighted by Crippen LogP contribution is 2.56. The Kier molecular flexibility index (Phi) is 7.22. The molecule has 1 aliphatic carbocycles. The monoisotopic (exact) mass is 570 g/mol. The van der Waals surface area contributed by atoms with Gasteiger partial charge in [-0.3, -0.25) is 24.1 Å². The largest absolute Gasteiger partial charge is 0.355 e. The summed E-state index contributed by atoms with van der Waals surface area (Å²) >= 11 is 6.54. The van der Waals surface area contributed by atoms with Crippen molar-refractivity contribution >= 4 is 17.5 Å². The number of aromatic nitrogens is 3. The van der Waals surface area contributed by atoms with E-state index in [2.05, 4.69) is 15.3 Å². The number of rotatable bonds is 6. The van der Waals surface area contributed by atoms with Crippen LogP contribution in [0.5, 0.6) is 0 Å². The number of nitrogens with one attached hydrogen (secondary N) is 1. The molecule has 40 heavy (non-hydrogen) atoms. The van der Waals surface area contributed by atoms with Crippen molar-refractivity contribution in [2.75, 3.05) is 7.05 Å². The van der Waals surface area contributed by atoms with Gasteiger partial charge in [0, 0.05) is 42.5 Å². The highest BCUT2D eigenvalue weighted by atomic mass is 35.5. The van der Waals surface area contributed by atoms with E-state index in [4.69, 9.17) is 11.6 Å². The predicted octanol–water partition coefficient (Wildman–Crippen LogP) is 6.41. The number of nitrogens with zero attached hydrogens (tertiary/aromatic N) is 3. The van der Waals surface area contributed by atoms with Crippen molar-refractivity contribution in [1.29, 1.82) is 0 Å².